The van der Waals surface area contributed by atoms with E-state index >= 15 is 0 Å². The first kappa shape index (κ1) is 20.7. The Hall–Kier alpha value is -3.24. The number of aliphatic hydroxyl groups excluding tert-OH is 1. The number of nitrogens with zero attached hydrogens (tertiary/aromatic N) is 2. The van der Waals surface area contributed by atoms with E-state index in [9.17, 15) is 9.50 Å². The maximum atomic E-state index is 13.4. The molecule has 1 unspecified atom stereocenters. The molecule has 1 heterocycles. The van der Waals surface area contributed by atoms with Gasteiger partial charge in [-0.25, -0.2) is 9.07 Å². The van der Waals surface area contributed by atoms with Crippen molar-refractivity contribution in [3.8, 4) is 5.69 Å². The highest BCUT2D eigenvalue weighted by Gasteiger charge is 2.35. The van der Waals surface area contributed by atoms with Crippen LogP contribution in [0.4, 0.5) is 4.39 Å². The van der Waals surface area contributed by atoms with Gasteiger partial charge in [-0.15, -0.1) is 0 Å². The number of benzene rings is 3. The van der Waals surface area contributed by atoms with Gasteiger partial charge in [0.15, 0.2) is 0 Å². The smallest absolute Gasteiger partial charge is 0.123 e. The Morgan fingerprint density at radius 1 is 1.06 bits per heavy atom. The molecule has 162 valence electrons. The van der Waals surface area contributed by atoms with Crippen molar-refractivity contribution >= 4 is 16.8 Å². The average molecular weight is 427 g/mol. The summed E-state index contributed by atoms with van der Waals surface area (Å²) >= 11 is 0. The maximum absolute atomic E-state index is 13.4. The largest absolute Gasteiger partial charge is 0.388 e. The third-order valence-corrected chi connectivity index (χ3v) is 7.01. The molecule has 0 amide bonds. The Bertz CT molecular complexity index is 1340. The molecule has 0 bridgehead atoms. The molecule has 0 fully saturated rings. The quantitative estimate of drug-likeness (QED) is 0.401. The van der Waals surface area contributed by atoms with Gasteiger partial charge in [-0.05, 0) is 89.9 Å². The minimum absolute atomic E-state index is 0.188. The Balaban J connectivity index is 1.48. The van der Waals surface area contributed by atoms with Crippen LogP contribution >= 0.6 is 0 Å². The van der Waals surface area contributed by atoms with Crippen LogP contribution < -0.4 is 0 Å². The van der Waals surface area contributed by atoms with Crippen molar-refractivity contribution in [3.63, 3.8) is 0 Å². The van der Waals surface area contributed by atoms with Crippen molar-refractivity contribution < 1.29 is 9.50 Å². The Labute approximate surface area is 187 Å². The van der Waals surface area contributed by atoms with Gasteiger partial charge in [-0.3, -0.25) is 0 Å². The maximum Gasteiger partial charge on any atom is 0.123 e. The van der Waals surface area contributed by atoms with Crippen molar-refractivity contribution in [3.05, 3.63) is 101 Å². The Kier molecular flexibility index (Phi) is 4.98. The number of aromatic nitrogens is 2. The summed E-state index contributed by atoms with van der Waals surface area (Å²) in [5, 5.41) is 18.3. The molecule has 0 saturated carbocycles. The minimum Gasteiger partial charge on any atom is -0.388 e. The first-order valence-electron chi connectivity index (χ1n) is 11.0. The Morgan fingerprint density at radius 3 is 2.59 bits per heavy atom. The molecule has 1 aromatic heterocycles. The van der Waals surface area contributed by atoms with Gasteiger partial charge in [0.05, 0.1) is 23.7 Å². The number of allylic oxidation sites excluding steroid dienone is 1. The summed E-state index contributed by atoms with van der Waals surface area (Å²) < 4.78 is 15.2. The van der Waals surface area contributed by atoms with Gasteiger partial charge in [-0.2, -0.15) is 5.10 Å². The van der Waals surface area contributed by atoms with Gasteiger partial charge >= 0.3 is 0 Å². The lowest BCUT2D eigenvalue weighted by molar-refractivity contribution is 0.122. The number of hydrogen-bond acceptors (Lipinski definition) is 2. The molecule has 3 nitrogen and oxygen atoms in total. The zero-order valence-electron chi connectivity index (χ0n) is 18.6. The summed E-state index contributed by atoms with van der Waals surface area (Å²) in [5.41, 5.74) is 6.17. The number of halogens is 1. The summed E-state index contributed by atoms with van der Waals surface area (Å²) in [7, 11) is 0. The lowest BCUT2D eigenvalue weighted by atomic mass is 9.69. The fourth-order valence-corrected chi connectivity index (χ4v) is 5.02. The third-order valence-electron chi connectivity index (χ3n) is 7.01. The topological polar surface area (TPSA) is 38.0 Å². The van der Waals surface area contributed by atoms with Gasteiger partial charge in [0, 0.05) is 0 Å². The van der Waals surface area contributed by atoms with Crippen molar-refractivity contribution in [2.45, 2.75) is 39.7 Å². The lowest BCUT2D eigenvalue weighted by Gasteiger charge is -2.36. The van der Waals surface area contributed by atoms with Crippen molar-refractivity contribution in [2.24, 2.45) is 5.41 Å². The van der Waals surface area contributed by atoms with E-state index in [0.717, 1.165) is 45.3 Å². The number of aryl methyl sites for hydroxylation is 1. The predicted molar refractivity (Wildman–Crippen MR) is 127 cm³/mol. The van der Waals surface area contributed by atoms with Gasteiger partial charge in [0.1, 0.15) is 5.82 Å². The summed E-state index contributed by atoms with van der Waals surface area (Å²) in [6, 6.07) is 18.9. The van der Waals surface area contributed by atoms with Crippen LogP contribution in [0.5, 0.6) is 0 Å². The second-order valence-electron chi connectivity index (χ2n) is 9.25. The molecule has 32 heavy (non-hydrogen) atoms. The van der Waals surface area contributed by atoms with E-state index in [2.05, 4.69) is 56.2 Å². The van der Waals surface area contributed by atoms with Crippen molar-refractivity contribution in [1.82, 2.24) is 9.78 Å². The molecule has 5 rings (SSSR count). The minimum atomic E-state index is -0.567. The van der Waals surface area contributed by atoms with Gasteiger partial charge in [-0.1, -0.05) is 48.9 Å². The zero-order valence-corrected chi connectivity index (χ0v) is 18.6. The fraction of sp³-hybridized carbons (Fsp3) is 0.250. The molecule has 4 aromatic rings. The first-order valence-corrected chi connectivity index (χ1v) is 11.0. The highest BCUT2D eigenvalue weighted by Crippen LogP contribution is 2.45. The Morgan fingerprint density at radius 2 is 1.81 bits per heavy atom. The molecule has 1 aliphatic rings. The van der Waals surface area contributed by atoms with Crippen molar-refractivity contribution in [1.29, 1.82) is 0 Å². The van der Waals surface area contributed by atoms with E-state index < -0.39 is 6.10 Å². The van der Waals surface area contributed by atoms with E-state index in [1.165, 1.54) is 17.7 Å². The predicted octanol–water partition coefficient (Wildman–Crippen LogP) is 6.56. The third kappa shape index (κ3) is 3.45. The molecule has 0 spiro atoms. The van der Waals surface area contributed by atoms with Crippen LogP contribution in [-0.4, -0.2) is 14.9 Å². The standard InChI is InChI=1S/C28H27FN2O/c1-18-8-9-20-6-4-5-7-24(20)27(18)26(32)16-28(3)15-21-17-30-31(25(21)14-19(28)2)23-12-10-22(29)11-13-23/h4-14,17,26,32H,15-16H2,1-3H3/t26?,28-/m0/s1. The van der Waals surface area contributed by atoms with E-state index in [-0.39, 0.29) is 11.2 Å². The van der Waals surface area contributed by atoms with Gasteiger partial charge in [0.2, 0.25) is 0 Å². The highest BCUT2D eigenvalue weighted by molar-refractivity contribution is 5.87. The normalized spacial score (nSPS) is 19.0. The summed E-state index contributed by atoms with van der Waals surface area (Å²) in [6.07, 6.45) is 4.92. The van der Waals surface area contributed by atoms with E-state index in [0.29, 0.717) is 6.42 Å². The van der Waals surface area contributed by atoms with Crippen LogP contribution in [0.3, 0.4) is 0 Å². The molecule has 1 aliphatic carbocycles. The molecule has 0 aliphatic heterocycles. The number of fused-ring (bicyclic) bond motifs is 2. The van der Waals surface area contributed by atoms with E-state index in [4.69, 9.17) is 0 Å². The molecular formula is C28H27FN2O. The van der Waals surface area contributed by atoms with Gasteiger partial charge < -0.3 is 5.11 Å². The molecule has 2 atom stereocenters. The first-order chi connectivity index (χ1) is 15.4. The van der Waals surface area contributed by atoms with Crippen molar-refractivity contribution in [2.75, 3.05) is 0 Å². The molecule has 0 radical (unpaired) electrons. The zero-order chi connectivity index (χ0) is 22.5. The fourth-order valence-electron chi connectivity index (χ4n) is 5.02. The lowest BCUT2D eigenvalue weighted by Crippen LogP contribution is -2.27. The van der Waals surface area contributed by atoms with E-state index in [1.807, 2.05) is 23.0 Å². The van der Waals surface area contributed by atoms with Crippen LogP contribution in [0.2, 0.25) is 0 Å². The molecule has 3 aromatic carbocycles. The number of rotatable bonds is 4. The van der Waals surface area contributed by atoms with Crippen LogP contribution in [0.1, 0.15) is 48.8 Å². The molecule has 4 heteroatoms. The molecule has 1 N–H and O–H groups in total. The molecule has 0 saturated heterocycles. The summed E-state index contributed by atoms with van der Waals surface area (Å²) in [5.74, 6) is -0.258. The average Bonchev–Trinajstić information content (AvgIpc) is 3.16. The SMILES string of the molecule is CC1=Cc2c(cnn2-c2ccc(F)cc2)C[C@@]1(C)CC(O)c1c(C)ccc2ccccc12. The summed E-state index contributed by atoms with van der Waals surface area (Å²) in [4.78, 5) is 0. The highest BCUT2D eigenvalue weighted by atomic mass is 19.1. The molecular weight excluding hydrogens is 399 g/mol. The monoisotopic (exact) mass is 426 g/mol. The number of aliphatic hydroxyl groups is 1. The van der Waals surface area contributed by atoms with Crippen LogP contribution in [0.15, 0.2) is 72.4 Å². The van der Waals surface area contributed by atoms with E-state index in [1.54, 1.807) is 12.1 Å². The second-order valence-corrected chi connectivity index (χ2v) is 9.25. The second kappa shape index (κ2) is 7.72. The van der Waals surface area contributed by atoms with Crippen LogP contribution in [-0.2, 0) is 6.42 Å². The number of hydrogen-bond donors (Lipinski definition) is 1. The van der Waals surface area contributed by atoms with Gasteiger partial charge in [0.25, 0.3) is 0 Å². The van der Waals surface area contributed by atoms with Crippen LogP contribution in [0, 0.1) is 18.2 Å². The summed E-state index contributed by atoms with van der Waals surface area (Å²) in [6.45, 7) is 6.43. The van der Waals surface area contributed by atoms with Crippen LogP contribution in [0.25, 0.3) is 22.5 Å².